The number of thiophene rings is 1. The van der Waals surface area contributed by atoms with Gasteiger partial charge in [0.25, 0.3) is 5.91 Å². The van der Waals surface area contributed by atoms with Crippen LogP contribution in [-0.4, -0.2) is 72.8 Å². The molecule has 0 aliphatic carbocycles. The van der Waals surface area contributed by atoms with E-state index in [1.165, 1.54) is 28.7 Å². The van der Waals surface area contributed by atoms with Gasteiger partial charge >= 0.3 is 0 Å². The van der Waals surface area contributed by atoms with Crippen LogP contribution in [0.5, 0.6) is 0 Å². The van der Waals surface area contributed by atoms with Gasteiger partial charge in [-0.05, 0) is 43.0 Å². The van der Waals surface area contributed by atoms with E-state index in [9.17, 15) is 9.59 Å². The summed E-state index contributed by atoms with van der Waals surface area (Å²) >= 11 is 2.75. The van der Waals surface area contributed by atoms with Crippen molar-refractivity contribution in [1.29, 1.82) is 0 Å². The molecule has 1 aliphatic heterocycles. The number of carbonyl (C=O) groups is 2. The standard InChI is InChI=1S/C29H28N6O2S2/c1-19-10-11-23-22(15-19)26-27(35(23)17-21-7-4-3-5-8-21)30-29(32-31-26)39-18-25(36)33-12-13-34(20(2)16-33)28(37)24-9-6-14-38-24/h3-11,14-15,20H,12-13,16-18H2,1-2H3. The average Bonchev–Trinajstić information content (AvgIpc) is 3.59. The average molecular weight is 557 g/mol. The van der Waals surface area contributed by atoms with Crippen LogP contribution in [0.2, 0.25) is 0 Å². The van der Waals surface area contributed by atoms with Crippen molar-refractivity contribution in [1.82, 2.24) is 29.5 Å². The Bertz CT molecular complexity index is 1650. The molecule has 1 unspecified atom stereocenters. The molecule has 2 amide bonds. The SMILES string of the molecule is Cc1ccc2c(c1)c1nnc(SCC(=O)N3CCN(C(=O)c4cccs4)C(C)C3)nc1n2Cc1ccccc1. The van der Waals surface area contributed by atoms with Gasteiger partial charge in [0.1, 0.15) is 5.52 Å². The fourth-order valence-electron chi connectivity index (χ4n) is 5.09. The number of nitrogens with zero attached hydrogens (tertiary/aromatic N) is 6. The van der Waals surface area contributed by atoms with Crippen LogP contribution in [0.3, 0.4) is 0 Å². The Kier molecular flexibility index (Phi) is 7.05. The van der Waals surface area contributed by atoms with Gasteiger partial charge in [0, 0.05) is 37.6 Å². The molecule has 2 aromatic carbocycles. The predicted octanol–water partition coefficient (Wildman–Crippen LogP) is 4.86. The number of hydrogen-bond acceptors (Lipinski definition) is 7. The van der Waals surface area contributed by atoms with E-state index in [1.807, 2.05) is 52.4 Å². The summed E-state index contributed by atoms with van der Waals surface area (Å²) in [5, 5.41) is 12.3. The second-order valence-electron chi connectivity index (χ2n) is 9.81. The molecule has 0 saturated carbocycles. The summed E-state index contributed by atoms with van der Waals surface area (Å²) in [6, 6.07) is 20.3. The third kappa shape index (κ3) is 5.14. The van der Waals surface area contributed by atoms with Crippen LogP contribution in [0, 0.1) is 6.92 Å². The van der Waals surface area contributed by atoms with Gasteiger partial charge in [-0.15, -0.1) is 21.5 Å². The number of piperazine rings is 1. The zero-order valence-corrected chi connectivity index (χ0v) is 23.4. The molecule has 1 fully saturated rings. The summed E-state index contributed by atoms with van der Waals surface area (Å²) in [4.78, 5) is 35.2. The van der Waals surface area contributed by atoms with Crippen LogP contribution in [0.25, 0.3) is 22.1 Å². The van der Waals surface area contributed by atoms with Crippen molar-refractivity contribution in [2.45, 2.75) is 31.6 Å². The van der Waals surface area contributed by atoms with E-state index in [4.69, 9.17) is 4.98 Å². The number of thioether (sulfide) groups is 1. The van der Waals surface area contributed by atoms with Crippen molar-refractivity contribution >= 4 is 57.0 Å². The normalized spacial score (nSPS) is 15.8. The van der Waals surface area contributed by atoms with E-state index in [1.54, 1.807) is 0 Å². The fraction of sp³-hybridized carbons (Fsp3) is 0.276. The van der Waals surface area contributed by atoms with Crippen molar-refractivity contribution in [3.05, 3.63) is 82.0 Å². The van der Waals surface area contributed by atoms with Crippen LogP contribution in [-0.2, 0) is 11.3 Å². The van der Waals surface area contributed by atoms with E-state index in [0.29, 0.717) is 31.3 Å². The Morgan fingerprint density at radius 3 is 2.67 bits per heavy atom. The third-order valence-corrected chi connectivity index (χ3v) is 8.76. The second kappa shape index (κ2) is 10.8. The van der Waals surface area contributed by atoms with E-state index in [0.717, 1.165) is 32.5 Å². The number of aryl methyl sites for hydroxylation is 1. The lowest BCUT2D eigenvalue weighted by Crippen LogP contribution is -2.55. The van der Waals surface area contributed by atoms with Gasteiger partial charge in [0.05, 0.1) is 16.1 Å². The smallest absolute Gasteiger partial charge is 0.264 e. The first-order chi connectivity index (χ1) is 19.0. The van der Waals surface area contributed by atoms with Gasteiger partial charge in [-0.25, -0.2) is 4.98 Å². The highest BCUT2D eigenvalue weighted by atomic mass is 32.2. The van der Waals surface area contributed by atoms with Gasteiger partial charge < -0.3 is 14.4 Å². The maximum atomic E-state index is 13.1. The summed E-state index contributed by atoms with van der Waals surface area (Å²) in [5.41, 5.74) is 4.91. The topological polar surface area (TPSA) is 84.2 Å². The van der Waals surface area contributed by atoms with E-state index >= 15 is 0 Å². The quantitative estimate of drug-likeness (QED) is 0.278. The fourth-order valence-corrected chi connectivity index (χ4v) is 6.45. The van der Waals surface area contributed by atoms with Crippen molar-refractivity contribution in [2.75, 3.05) is 25.4 Å². The minimum atomic E-state index is -0.0475. The Morgan fingerprint density at radius 1 is 1.05 bits per heavy atom. The molecule has 8 nitrogen and oxygen atoms in total. The molecular formula is C29H28N6O2S2. The number of rotatable bonds is 6. The molecule has 3 aromatic heterocycles. The number of amides is 2. The molecule has 0 bridgehead atoms. The van der Waals surface area contributed by atoms with Gasteiger partial charge in [0.15, 0.2) is 5.65 Å². The van der Waals surface area contributed by atoms with Crippen molar-refractivity contribution in [2.24, 2.45) is 0 Å². The Morgan fingerprint density at radius 2 is 1.90 bits per heavy atom. The molecule has 10 heteroatoms. The van der Waals surface area contributed by atoms with E-state index in [2.05, 4.69) is 52.0 Å². The van der Waals surface area contributed by atoms with Crippen molar-refractivity contribution < 1.29 is 9.59 Å². The lowest BCUT2D eigenvalue weighted by molar-refractivity contribution is -0.130. The first-order valence-electron chi connectivity index (χ1n) is 12.9. The Balaban J connectivity index is 1.18. The zero-order valence-electron chi connectivity index (χ0n) is 21.8. The maximum Gasteiger partial charge on any atom is 0.264 e. The van der Waals surface area contributed by atoms with Crippen LogP contribution >= 0.6 is 23.1 Å². The number of fused-ring (bicyclic) bond motifs is 3. The molecule has 5 aromatic rings. The van der Waals surface area contributed by atoms with Gasteiger partial charge in [-0.3, -0.25) is 9.59 Å². The summed E-state index contributed by atoms with van der Waals surface area (Å²) < 4.78 is 2.17. The second-order valence-corrected chi connectivity index (χ2v) is 11.7. The van der Waals surface area contributed by atoms with E-state index < -0.39 is 0 Å². The highest BCUT2D eigenvalue weighted by Crippen LogP contribution is 2.29. The molecule has 198 valence electrons. The Hall–Kier alpha value is -3.76. The highest BCUT2D eigenvalue weighted by Gasteiger charge is 2.30. The molecule has 4 heterocycles. The van der Waals surface area contributed by atoms with Gasteiger partial charge in [0.2, 0.25) is 11.1 Å². The van der Waals surface area contributed by atoms with Crippen LogP contribution in [0.1, 0.15) is 27.7 Å². The predicted molar refractivity (Wildman–Crippen MR) is 155 cm³/mol. The summed E-state index contributed by atoms with van der Waals surface area (Å²) in [6.45, 7) is 6.28. The largest absolute Gasteiger partial charge is 0.338 e. The molecule has 0 radical (unpaired) electrons. The number of carbonyl (C=O) groups excluding carboxylic acids is 2. The third-order valence-electron chi connectivity index (χ3n) is 7.08. The molecule has 1 aliphatic rings. The van der Waals surface area contributed by atoms with Crippen LogP contribution < -0.4 is 0 Å². The first-order valence-corrected chi connectivity index (χ1v) is 14.8. The summed E-state index contributed by atoms with van der Waals surface area (Å²) in [5.74, 6) is 0.267. The molecule has 39 heavy (non-hydrogen) atoms. The summed E-state index contributed by atoms with van der Waals surface area (Å²) in [6.07, 6.45) is 0. The molecule has 1 atom stereocenters. The molecule has 6 rings (SSSR count). The minimum Gasteiger partial charge on any atom is -0.338 e. The maximum absolute atomic E-state index is 13.1. The molecule has 0 spiro atoms. The van der Waals surface area contributed by atoms with Crippen LogP contribution in [0.15, 0.2) is 71.2 Å². The number of aromatic nitrogens is 4. The lowest BCUT2D eigenvalue weighted by atomic mass is 10.1. The van der Waals surface area contributed by atoms with Crippen molar-refractivity contribution in [3.8, 4) is 0 Å². The number of hydrogen-bond donors (Lipinski definition) is 0. The van der Waals surface area contributed by atoms with Crippen molar-refractivity contribution in [3.63, 3.8) is 0 Å². The first kappa shape index (κ1) is 25.5. The highest BCUT2D eigenvalue weighted by molar-refractivity contribution is 7.99. The summed E-state index contributed by atoms with van der Waals surface area (Å²) in [7, 11) is 0. The number of benzene rings is 2. The van der Waals surface area contributed by atoms with Crippen LogP contribution in [0.4, 0.5) is 0 Å². The molecular weight excluding hydrogens is 528 g/mol. The zero-order chi connectivity index (χ0) is 26.9. The van der Waals surface area contributed by atoms with Gasteiger partial charge in [-0.2, -0.15) is 0 Å². The molecule has 0 N–H and O–H groups in total. The lowest BCUT2D eigenvalue weighted by Gasteiger charge is -2.39. The molecule has 1 saturated heterocycles. The van der Waals surface area contributed by atoms with E-state index in [-0.39, 0.29) is 23.6 Å². The van der Waals surface area contributed by atoms with Gasteiger partial charge in [-0.1, -0.05) is 59.8 Å². The minimum absolute atomic E-state index is 0.0132. The monoisotopic (exact) mass is 556 g/mol. The Labute approximate surface area is 234 Å².